The van der Waals surface area contributed by atoms with Gasteiger partial charge < -0.3 is 20.1 Å². The number of hydrogen-bond donors (Lipinski definition) is 2. The zero-order chi connectivity index (χ0) is 21.6. The van der Waals surface area contributed by atoms with E-state index in [0.29, 0.717) is 41.1 Å². The highest BCUT2D eigenvalue weighted by Gasteiger charge is 2.25. The molecule has 7 nitrogen and oxygen atoms in total. The van der Waals surface area contributed by atoms with E-state index in [0.717, 1.165) is 30.5 Å². The summed E-state index contributed by atoms with van der Waals surface area (Å²) in [5.41, 5.74) is 1.71. The lowest BCUT2D eigenvalue weighted by atomic mass is 10.2. The monoisotopic (exact) mass is 449 g/mol. The van der Waals surface area contributed by atoms with Crippen LogP contribution < -0.4 is 20.1 Å². The average Bonchev–Trinajstić information content (AvgIpc) is 2.78. The standard InChI is InChI=1S/C21H27N3O4S2/c1-27-19-11-6-16(14-20(19)28-2)15-22-21(29)23-17-7-9-18(10-8-17)30(25,26)24-12-4-3-5-13-24/h6-11,14H,3-5,12-13,15H2,1-2H3,(H2,22,23,29). The van der Waals surface area contributed by atoms with E-state index in [-0.39, 0.29) is 0 Å². The molecule has 0 aromatic heterocycles. The van der Waals surface area contributed by atoms with Crippen molar-refractivity contribution in [2.24, 2.45) is 0 Å². The molecule has 9 heteroatoms. The Labute approximate surface area is 183 Å². The van der Waals surface area contributed by atoms with E-state index in [2.05, 4.69) is 10.6 Å². The van der Waals surface area contributed by atoms with E-state index in [9.17, 15) is 8.42 Å². The maximum Gasteiger partial charge on any atom is 0.243 e. The number of benzene rings is 2. The molecule has 2 aromatic carbocycles. The van der Waals surface area contributed by atoms with Crippen LogP contribution in [0, 0.1) is 0 Å². The summed E-state index contributed by atoms with van der Waals surface area (Å²) in [4.78, 5) is 0.305. The number of nitrogens with zero attached hydrogens (tertiary/aromatic N) is 1. The predicted molar refractivity (Wildman–Crippen MR) is 122 cm³/mol. The minimum atomic E-state index is -3.43. The summed E-state index contributed by atoms with van der Waals surface area (Å²) in [6, 6.07) is 12.3. The first kappa shape index (κ1) is 22.3. The van der Waals surface area contributed by atoms with Crippen molar-refractivity contribution in [3.8, 4) is 11.5 Å². The molecule has 1 aliphatic heterocycles. The van der Waals surface area contributed by atoms with Crippen molar-refractivity contribution in [3.63, 3.8) is 0 Å². The first-order chi connectivity index (χ1) is 14.4. The van der Waals surface area contributed by atoms with E-state index < -0.39 is 10.0 Å². The number of thiocarbonyl (C=S) groups is 1. The normalized spacial score (nSPS) is 14.7. The first-order valence-corrected chi connectivity index (χ1v) is 11.6. The van der Waals surface area contributed by atoms with Gasteiger partial charge in [0.2, 0.25) is 10.0 Å². The number of rotatable bonds is 7. The highest BCUT2D eigenvalue weighted by atomic mass is 32.2. The first-order valence-electron chi connectivity index (χ1n) is 9.80. The van der Waals surface area contributed by atoms with Gasteiger partial charge in [-0.05, 0) is 67.0 Å². The zero-order valence-electron chi connectivity index (χ0n) is 17.2. The van der Waals surface area contributed by atoms with E-state index in [4.69, 9.17) is 21.7 Å². The van der Waals surface area contributed by atoms with Gasteiger partial charge in [-0.1, -0.05) is 12.5 Å². The molecule has 0 unspecified atom stereocenters. The van der Waals surface area contributed by atoms with Gasteiger partial charge in [-0.2, -0.15) is 4.31 Å². The number of methoxy groups -OCH3 is 2. The summed E-state index contributed by atoms with van der Waals surface area (Å²) in [6.07, 6.45) is 2.92. The number of nitrogens with one attached hydrogen (secondary N) is 2. The van der Waals surface area contributed by atoms with Gasteiger partial charge in [-0.25, -0.2) is 8.42 Å². The van der Waals surface area contributed by atoms with Crippen molar-refractivity contribution in [2.75, 3.05) is 32.6 Å². The molecule has 1 heterocycles. The van der Waals surface area contributed by atoms with Crippen LogP contribution in [0.25, 0.3) is 0 Å². The summed E-state index contributed by atoms with van der Waals surface area (Å²) in [5.74, 6) is 1.32. The predicted octanol–water partition coefficient (Wildman–Crippen LogP) is 3.37. The van der Waals surface area contributed by atoms with Crippen LogP contribution in [0.1, 0.15) is 24.8 Å². The summed E-state index contributed by atoms with van der Waals surface area (Å²) < 4.78 is 37.6. The molecule has 0 bridgehead atoms. The highest BCUT2D eigenvalue weighted by molar-refractivity contribution is 7.89. The van der Waals surface area contributed by atoms with Gasteiger partial charge in [0.05, 0.1) is 19.1 Å². The van der Waals surface area contributed by atoms with Crippen LogP contribution in [-0.2, 0) is 16.6 Å². The number of hydrogen-bond acceptors (Lipinski definition) is 5. The van der Waals surface area contributed by atoms with Crippen LogP contribution in [-0.4, -0.2) is 45.1 Å². The van der Waals surface area contributed by atoms with E-state index in [1.165, 1.54) is 0 Å². The van der Waals surface area contributed by atoms with Crippen LogP contribution in [0.15, 0.2) is 47.4 Å². The van der Waals surface area contributed by atoms with Crippen molar-refractivity contribution in [2.45, 2.75) is 30.7 Å². The van der Waals surface area contributed by atoms with Crippen molar-refractivity contribution >= 4 is 33.0 Å². The molecule has 2 aromatic rings. The van der Waals surface area contributed by atoms with Gasteiger partial charge in [0.15, 0.2) is 16.6 Å². The third kappa shape index (κ3) is 5.41. The molecule has 1 fully saturated rings. The molecule has 0 radical (unpaired) electrons. The van der Waals surface area contributed by atoms with Gasteiger partial charge in [-0.15, -0.1) is 0 Å². The Morgan fingerprint density at radius 2 is 1.67 bits per heavy atom. The Bertz CT molecular complexity index is 972. The Morgan fingerprint density at radius 1 is 1.00 bits per heavy atom. The Hall–Kier alpha value is -2.36. The van der Waals surface area contributed by atoms with Crippen LogP contribution >= 0.6 is 12.2 Å². The number of ether oxygens (including phenoxy) is 2. The Balaban J connectivity index is 1.57. The average molecular weight is 450 g/mol. The zero-order valence-corrected chi connectivity index (χ0v) is 18.8. The lowest BCUT2D eigenvalue weighted by molar-refractivity contribution is 0.346. The molecular weight excluding hydrogens is 422 g/mol. The molecule has 0 aliphatic carbocycles. The van der Waals surface area contributed by atoms with Crippen LogP contribution in [0.3, 0.4) is 0 Å². The van der Waals surface area contributed by atoms with E-state index >= 15 is 0 Å². The van der Waals surface area contributed by atoms with Crippen molar-refractivity contribution in [3.05, 3.63) is 48.0 Å². The van der Waals surface area contributed by atoms with Crippen LogP contribution in [0.4, 0.5) is 5.69 Å². The largest absolute Gasteiger partial charge is 0.493 e. The van der Waals surface area contributed by atoms with Crippen LogP contribution in [0.2, 0.25) is 0 Å². The van der Waals surface area contributed by atoms with Gasteiger partial charge in [0.1, 0.15) is 0 Å². The van der Waals surface area contributed by atoms with Crippen molar-refractivity contribution < 1.29 is 17.9 Å². The molecule has 1 saturated heterocycles. The molecule has 3 rings (SSSR count). The van der Waals surface area contributed by atoms with Gasteiger partial charge in [0.25, 0.3) is 0 Å². The topological polar surface area (TPSA) is 79.9 Å². The van der Waals surface area contributed by atoms with E-state index in [1.54, 1.807) is 42.8 Å². The summed E-state index contributed by atoms with van der Waals surface area (Å²) in [7, 11) is -0.242. The number of piperidine rings is 1. The Kier molecular flexibility index (Phi) is 7.52. The Morgan fingerprint density at radius 3 is 2.30 bits per heavy atom. The number of anilines is 1. The number of sulfonamides is 1. The van der Waals surface area contributed by atoms with Crippen molar-refractivity contribution in [1.82, 2.24) is 9.62 Å². The minimum Gasteiger partial charge on any atom is -0.493 e. The van der Waals surface area contributed by atoms with Crippen LogP contribution in [0.5, 0.6) is 11.5 Å². The summed E-state index contributed by atoms with van der Waals surface area (Å²) in [5, 5.41) is 6.65. The van der Waals surface area contributed by atoms with Gasteiger partial charge >= 0.3 is 0 Å². The smallest absolute Gasteiger partial charge is 0.243 e. The summed E-state index contributed by atoms with van der Waals surface area (Å²) in [6.45, 7) is 1.69. The highest BCUT2D eigenvalue weighted by Crippen LogP contribution is 2.27. The maximum atomic E-state index is 12.7. The second kappa shape index (κ2) is 10.1. The SMILES string of the molecule is COc1ccc(CNC(=S)Nc2ccc(S(=O)(=O)N3CCCCC3)cc2)cc1OC. The maximum absolute atomic E-state index is 12.7. The fraction of sp³-hybridized carbons (Fsp3) is 0.381. The molecule has 1 aliphatic rings. The molecule has 0 spiro atoms. The molecule has 2 N–H and O–H groups in total. The quantitative estimate of drug-likeness (QED) is 0.628. The molecule has 162 valence electrons. The molecule has 0 amide bonds. The lowest BCUT2D eigenvalue weighted by Crippen LogP contribution is -2.35. The second-order valence-electron chi connectivity index (χ2n) is 6.99. The van der Waals surface area contributed by atoms with Gasteiger partial charge in [-0.3, -0.25) is 0 Å². The fourth-order valence-corrected chi connectivity index (χ4v) is 5.02. The molecule has 0 atom stereocenters. The van der Waals surface area contributed by atoms with Gasteiger partial charge in [0, 0.05) is 25.3 Å². The molecule has 0 saturated carbocycles. The summed E-state index contributed by atoms with van der Waals surface area (Å²) >= 11 is 5.35. The molecular formula is C21H27N3O4S2. The van der Waals surface area contributed by atoms with Crippen molar-refractivity contribution in [1.29, 1.82) is 0 Å². The third-order valence-corrected chi connectivity index (χ3v) is 7.13. The minimum absolute atomic E-state index is 0.305. The fourth-order valence-electron chi connectivity index (χ4n) is 3.31. The third-order valence-electron chi connectivity index (χ3n) is 4.97. The molecule has 30 heavy (non-hydrogen) atoms. The second-order valence-corrected chi connectivity index (χ2v) is 9.33. The van der Waals surface area contributed by atoms with E-state index in [1.807, 2.05) is 18.2 Å². The lowest BCUT2D eigenvalue weighted by Gasteiger charge is -2.25.